The first-order valence-corrected chi connectivity index (χ1v) is 7.90. The Morgan fingerprint density at radius 2 is 1.96 bits per heavy atom. The fourth-order valence-electron chi connectivity index (χ4n) is 2.78. The van der Waals surface area contributed by atoms with Gasteiger partial charge in [-0.15, -0.1) is 0 Å². The first-order valence-electron chi connectivity index (χ1n) is 7.90. The lowest BCUT2D eigenvalue weighted by atomic mass is 10.1. The highest BCUT2D eigenvalue weighted by atomic mass is 16.4. The molecule has 0 bridgehead atoms. The zero-order chi connectivity index (χ0) is 18.0. The summed E-state index contributed by atoms with van der Waals surface area (Å²) in [5.74, 6) is -0.544. The zero-order valence-electron chi connectivity index (χ0n) is 14.0. The molecule has 2 N–H and O–H groups in total. The number of hydrogen-bond acceptors (Lipinski definition) is 4. The highest BCUT2D eigenvalue weighted by Crippen LogP contribution is 2.19. The van der Waals surface area contributed by atoms with Crippen LogP contribution in [0.5, 0.6) is 0 Å². The van der Waals surface area contributed by atoms with E-state index in [-0.39, 0.29) is 12.0 Å². The third-order valence-electron chi connectivity index (χ3n) is 4.03. The number of benzene rings is 1. The molecule has 0 amide bonds. The van der Waals surface area contributed by atoms with E-state index in [1.807, 2.05) is 44.2 Å². The van der Waals surface area contributed by atoms with Gasteiger partial charge in [0.15, 0.2) is 0 Å². The lowest BCUT2D eigenvalue weighted by Gasteiger charge is -2.06. The Hall–Kier alpha value is -3.22. The van der Waals surface area contributed by atoms with E-state index in [4.69, 9.17) is 5.11 Å². The van der Waals surface area contributed by atoms with Gasteiger partial charge in [-0.2, -0.15) is 5.10 Å². The molecule has 0 saturated heterocycles. The molecule has 0 fully saturated rings. The van der Waals surface area contributed by atoms with Crippen LogP contribution in [0.15, 0.2) is 41.2 Å². The SMILES string of the molecule is Cc1nn(-c2nc(-c3ccccc3)cc(=O)[nH]2)c(C)c1CCC(=O)O. The maximum Gasteiger partial charge on any atom is 0.303 e. The summed E-state index contributed by atoms with van der Waals surface area (Å²) in [6.07, 6.45) is 0.414. The van der Waals surface area contributed by atoms with Crippen molar-refractivity contribution in [2.24, 2.45) is 0 Å². The molecule has 0 unspecified atom stereocenters. The van der Waals surface area contributed by atoms with E-state index >= 15 is 0 Å². The second kappa shape index (κ2) is 6.72. The summed E-state index contributed by atoms with van der Waals surface area (Å²) in [5.41, 5.74) is 3.47. The van der Waals surface area contributed by atoms with Gasteiger partial charge in [-0.1, -0.05) is 30.3 Å². The lowest BCUT2D eigenvalue weighted by Crippen LogP contribution is -2.14. The Kier molecular flexibility index (Phi) is 4.47. The lowest BCUT2D eigenvalue weighted by molar-refractivity contribution is -0.136. The maximum absolute atomic E-state index is 12.1. The van der Waals surface area contributed by atoms with Crippen LogP contribution < -0.4 is 5.56 Å². The molecular formula is C18H18N4O3. The van der Waals surface area contributed by atoms with Gasteiger partial charge in [-0.05, 0) is 25.8 Å². The van der Waals surface area contributed by atoms with Crippen molar-refractivity contribution in [3.63, 3.8) is 0 Å². The van der Waals surface area contributed by atoms with Crippen LogP contribution >= 0.6 is 0 Å². The minimum atomic E-state index is -0.857. The molecule has 0 saturated carbocycles. The summed E-state index contributed by atoms with van der Waals surface area (Å²) in [6.45, 7) is 3.66. The van der Waals surface area contributed by atoms with E-state index in [0.29, 0.717) is 18.1 Å². The molecule has 0 spiro atoms. The van der Waals surface area contributed by atoms with Gasteiger partial charge in [0.05, 0.1) is 11.4 Å². The standard InChI is InChI=1S/C18H18N4O3/c1-11-14(8-9-17(24)25)12(2)22(21-11)18-19-15(10-16(23)20-18)13-6-4-3-5-7-13/h3-7,10H,8-9H2,1-2H3,(H,24,25)(H,19,20,23). The molecule has 2 aromatic heterocycles. The van der Waals surface area contributed by atoms with Crippen molar-refractivity contribution in [3.05, 3.63) is 63.7 Å². The molecule has 0 aliphatic heterocycles. The average Bonchev–Trinajstić information content (AvgIpc) is 2.87. The van der Waals surface area contributed by atoms with Crippen molar-refractivity contribution in [2.45, 2.75) is 26.7 Å². The largest absolute Gasteiger partial charge is 0.481 e. The van der Waals surface area contributed by atoms with Crippen molar-refractivity contribution in [1.82, 2.24) is 19.7 Å². The predicted molar refractivity (Wildman–Crippen MR) is 92.8 cm³/mol. The molecule has 0 aliphatic rings. The normalized spacial score (nSPS) is 10.8. The molecule has 128 valence electrons. The molecule has 3 aromatic rings. The van der Waals surface area contributed by atoms with Crippen LogP contribution in [0.4, 0.5) is 0 Å². The number of aromatic amines is 1. The fraction of sp³-hybridized carbons (Fsp3) is 0.222. The summed E-state index contributed by atoms with van der Waals surface area (Å²) in [4.78, 5) is 30.1. The van der Waals surface area contributed by atoms with Crippen molar-refractivity contribution in [2.75, 3.05) is 0 Å². The van der Waals surface area contributed by atoms with Crippen LogP contribution in [0.1, 0.15) is 23.4 Å². The molecule has 0 atom stereocenters. The summed E-state index contributed by atoms with van der Waals surface area (Å²) in [7, 11) is 0. The van der Waals surface area contributed by atoms with E-state index in [9.17, 15) is 9.59 Å². The summed E-state index contributed by atoms with van der Waals surface area (Å²) >= 11 is 0. The van der Waals surface area contributed by atoms with Crippen LogP contribution in [-0.2, 0) is 11.2 Å². The predicted octanol–water partition coefficient (Wildman–Crippen LogP) is 2.26. The third kappa shape index (κ3) is 3.50. The summed E-state index contributed by atoms with van der Waals surface area (Å²) in [6, 6.07) is 10.9. The Balaban J connectivity index is 2.05. The first-order chi connectivity index (χ1) is 12.0. The minimum absolute atomic E-state index is 0.0291. The van der Waals surface area contributed by atoms with Crippen LogP contribution in [-0.4, -0.2) is 30.8 Å². The molecular weight excluding hydrogens is 320 g/mol. The molecule has 2 heterocycles. The Bertz CT molecular complexity index is 974. The van der Waals surface area contributed by atoms with Crippen molar-refractivity contribution < 1.29 is 9.90 Å². The summed E-state index contributed by atoms with van der Waals surface area (Å²) < 4.78 is 1.56. The number of nitrogens with one attached hydrogen (secondary N) is 1. The number of hydrogen-bond donors (Lipinski definition) is 2. The van der Waals surface area contributed by atoms with Crippen LogP contribution in [0.2, 0.25) is 0 Å². The van der Waals surface area contributed by atoms with E-state index in [1.165, 1.54) is 6.07 Å². The molecule has 3 rings (SSSR count). The van der Waals surface area contributed by atoms with Gasteiger partial charge in [0.1, 0.15) is 0 Å². The van der Waals surface area contributed by atoms with E-state index < -0.39 is 5.97 Å². The molecule has 7 heteroatoms. The number of rotatable bonds is 5. The maximum atomic E-state index is 12.1. The first kappa shape index (κ1) is 16.6. The number of carboxylic acid groups (broad SMARTS) is 1. The van der Waals surface area contributed by atoms with Crippen LogP contribution in [0.3, 0.4) is 0 Å². The van der Waals surface area contributed by atoms with E-state index in [2.05, 4.69) is 15.1 Å². The monoisotopic (exact) mass is 338 g/mol. The van der Waals surface area contributed by atoms with Crippen molar-refractivity contribution in [1.29, 1.82) is 0 Å². The van der Waals surface area contributed by atoms with E-state index in [1.54, 1.807) is 4.68 Å². The molecule has 1 aromatic carbocycles. The number of aryl methyl sites for hydroxylation is 1. The minimum Gasteiger partial charge on any atom is -0.481 e. The number of H-pyrrole nitrogens is 1. The topological polar surface area (TPSA) is 101 Å². The Morgan fingerprint density at radius 1 is 1.24 bits per heavy atom. The highest BCUT2D eigenvalue weighted by molar-refractivity contribution is 5.67. The third-order valence-corrected chi connectivity index (χ3v) is 4.03. The fourth-order valence-corrected chi connectivity index (χ4v) is 2.78. The molecule has 0 radical (unpaired) electrons. The smallest absolute Gasteiger partial charge is 0.303 e. The van der Waals surface area contributed by atoms with Crippen LogP contribution in [0, 0.1) is 13.8 Å². The van der Waals surface area contributed by atoms with Gasteiger partial charge in [0.2, 0.25) is 5.95 Å². The number of aliphatic carboxylic acids is 1. The van der Waals surface area contributed by atoms with Gasteiger partial charge in [-0.3, -0.25) is 14.6 Å². The second-order valence-corrected chi connectivity index (χ2v) is 5.78. The number of carbonyl (C=O) groups is 1. The van der Waals surface area contributed by atoms with Gasteiger partial charge in [0.25, 0.3) is 5.56 Å². The quantitative estimate of drug-likeness (QED) is 0.743. The van der Waals surface area contributed by atoms with Crippen molar-refractivity contribution in [3.8, 4) is 17.2 Å². The Morgan fingerprint density at radius 3 is 2.64 bits per heavy atom. The van der Waals surface area contributed by atoms with Crippen molar-refractivity contribution >= 4 is 5.97 Å². The molecule has 0 aliphatic carbocycles. The zero-order valence-corrected chi connectivity index (χ0v) is 14.0. The molecule has 7 nitrogen and oxygen atoms in total. The average molecular weight is 338 g/mol. The summed E-state index contributed by atoms with van der Waals surface area (Å²) in [5, 5.41) is 13.3. The Labute approximate surface area is 144 Å². The number of aromatic nitrogens is 4. The number of nitrogens with zero attached hydrogens (tertiary/aromatic N) is 3. The molecule has 25 heavy (non-hydrogen) atoms. The van der Waals surface area contributed by atoms with Gasteiger partial charge < -0.3 is 5.11 Å². The van der Waals surface area contributed by atoms with Gasteiger partial charge >= 0.3 is 5.97 Å². The second-order valence-electron chi connectivity index (χ2n) is 5.78. The van der Waals surface area contributed by atoms with E-state index in [0.717, 1.165) is 22.5 Å². The van der Waals surface area contributed by atoms with Gasteiger partial charge in [-0.25, -0.2) is 9.67 Å². The van der Waals surface area contributed by atoms with Gasteiger partial charge in [0, 0.05) is 23.7 Å². The highest BCUT2D eigenvalue weighted by Gasteiger charge is 2.16. The van der Waals surface area contributed by atoms with Crippen LogP contribution in [0.25, 0.3) is 17.2 Å². The number of carboxylic acids is 1.